The van der Waals surface area contributed by atoms with Crippen LogP contribution in [-0.2, 0) is 11.2 Å². The van der Waals surface area contributed by atoms with E-state index in [-0.39, 0.29) is 5.91 Å². The van der Waals surface area contributed by atoms with Gasteiger partial charge in [-0.15, -0.1) is 0 Å². The fourth-order valence-corrected chi connectivity index (χ4v) is 2.75. The van der Waals surface area contributed by atoms with Gasteiger partial charge in [-0.1, -0.05) is 57.9 Å². The van der Waals surface area contributed by atoms with Crippen LogP contribution in [0.2, 0.25) is 5.02 Å². The van der Waals surface area contributed by atoms with Gasteiger partial charge in [-0.05, 0) is 30.2 Å². The number of hydrogen-bond donors (Lipinski definition) is 0. The highest BCUT2D eigenvalue weighted by Gasteiger charge is 2.13. The van der Waals surface area contributed by atoms with Crippen molar-refractivity contribution in [3.05, 3.63) is 63.6 Å². The second kappa shape index (κ2) is 6.91. The predicted octanol–water partition coefficient (Wildman–Crippen LogP) is 4.70. The SMILES string of the molecule is CN(C(=O)CCc1ccccc1)c1ccc(Br)cc1Cl. The Morgan fingerprint density at radius 1 is 1.20 bits per heavy atom. The summed E-state index contributed by atoms with van der Waals surface area (Å²) in [6.07, 6.45) is 1.20. The van der Waals surface area contributed by atoms with E-state index in [1.807, 2.05) is 42.5 Å². The van der Waals surface area contributed by atoms with Crippen LogP contribution in [0.25, 0.3) is 0 Å². The van der Waals surface area contributed by atoms with Crippen LogP contribution < -0.4 is 4.90 Å². The highest BCUT2D eigenvalue weighted by atomic mass is 79.9. The number of anilines is 1. The molecule has 0 unspecified atom stereocenters. The number of benzene rings is 2. The average Bonchev–Trinajstić information content (AvgIpc) is 2.45. The van der Waals surface area contributed by atoms with Gasteiger partial charge in [-0.2, -0.15) is 0 Å². The van der Waals surface area contributed by atoms with E-state index in [9.17, 15) is 4.79 Å². The molecule has 0 bridgehead atoms. The van der Waals surface area contributed by atoms with Gasteiger partial charge in [0.25, 0.3) is 0 Å². The van der Waals surface area contributed by atoms with E-state index < -0.39 is 0 Å². The van der Waals surface area contributed by atoms with Crippen molar-refractivity contribution in [3.63, 3.8) is 0 Å². The molecule has 2 nitrogen and oxygen atoms in total. The lowest BCUT2D eigenvalue weighted by atomic mass is 10.1. The molecule has 0 aliphatic carbocycles. The topological polar surface area (TPSA) is 20.3 Å². The smallest absolute Gasteiger partial charge is 0.227 e. The van der Waals surface area contributed by atoms with Gasteiger partial charge in [0.2, 0.25) is 5.91 Å². The molecule has 20 heavy (non-hydrogen) atoms. The summed E-state index contributed by atoms with van der Waals surface area (Å²) in [6.45, 7) is 0. The van der Waals surface area contributed by atoms with Crippen LogP contribution in [0.4, 0.5) is 5.69 Å². The zero-order valence-electron chi connectivity index (χ0n) is 11.1. The number of halogens is 2. The largest absolute Gasteiger partial charge is 0.314 e. The lowest BCUT2D eigenvalue weighted by molar-refractivity contribution is -0.118. The van der Waals surface area contributed by atoms with Gasteiger partial charge in [-0.3, -0.25) is 4.79 Å². The van der Waals surface area contributed by atoms with Crippen LogP contribution in [0.15, 0.2) is 53.0 Å². The van der Waals surface area contributed by atoms with Crippen molar-refractivity contribution < 1.29 is 4.79 Å². The zero-order chi connectivity index (χ0) is 14.5. The second-order valence-electron chi connectivity index (χ2n) is 4.53. The molecule has 0 heterocycles. The Morgan fingerprint density at radius 3 is 2.55 bits per heavy atom. The van der Waals surface area contributed by atoms with E-state index in [1.165, 1.54) is 0 Å². The molecule has 0 aromatic heterocycles. The Balaban J connectivity index is 2.01. The first kappa shape index (κ1) is 15.1. The summed E-state index contributed by atoms with van der Waals surface area (Å²) in [5, 5.41) is 0.565. The van der Waals surface area contributed by atoms with E-state index in [2.05, 4.69) is 15.9 Å². The Bertz CT molecular complexity index is 601. The van der Waals surface area contributed by atoms with E-state index in [0.717, 1.165) is 22.1 Å². The molecule has 0 aliphatic heterocycles. The third kappa shape index (κ3) is 3.84. The Labute approximate surface area is 132 Å². The van der Waals surface area contributed by atoms with Gasteiger partial charge in [0.1, 0.15) is 0 Å². The first-order valence-corrected chi connectivity index (χ1v) is 7.50. The maximum atomic E-state index is 12.2. The average molecular weight is 353 g/mol. The lowest BCUT2D eigenvalue weighted by Crippen LogP contribution is -2.26. The molecule has 2 aromatic carbocycles. The van der Waals surface area contributed by atoms with E-state index >= 15 is 0 Å². The van der Waals surface area contributed by atoms with Gasteiger partial charge in [0, 0.05) is 17.9 Å². The van der Waals surface area contributed by atoms with Gasteiger partial charge in [0.15, 0.2) is 0 Å². The summed E-state index contributed by atoms with van der Waals surface area (Å²) >= 11 is 9.52. The minimum atomic E-state index is 0.0538. The van der Waals surface area contributed by atoms with Crippen molar-refractivity contribution in [1.29, 1.82) is 0 Å². The summed E-state index contributed by atoms with van der Waals surface area (Å²) in [6, 6.07) is 15.5. The molecule has 0 N–H and O–H groups in total. The van der Waals surface area contributed by atoms with Crippen LogP contribution in [0.3, 0.4) is 0 Å². The molecule has 104 valence electrons. The first-order chi connectivity index (χ1) is 9.58. The predicted molar refractivity (Wildman–Crippen MR) is 87.3 cm³/mol. The van der Waals surface area contributed by atoms with Gasteiger partial charge >= 0.3 is 0 Å². The number of carbonyl (C=O) groups is 1. The van der Waals surface area contributed by atoms with Crippen LogP contribution in [0, 0.1) is 0 Å². The summed E-state index contributed by atoms with van der Waals surface area (Å²) in [7, 11) is 1.75. The lowest BCUT2D eigenvalue weighted by Gasteiger charge is -2.19. The van der Waals surface area contributed by atoms with E-state index in [0.29, 0.717) is 11.4 Å². The molecule has 0 spiro atoms. The minimum Gasteiger partial charge on any atom is -0.314 e. The van der Waals surface area contributed by atoms with Crippen LogP contribution in [-0.4, -0.2) is 13.0 Å². The molecule has 2 rings (SSSR count). The zero-order valence-corrected chi connectivity index (χ0v) is 13.5. The summed E-state index contributed by atoms with van der Waals surface area (Å²) < 4.78 is 0.899. The maximum Gasteiger partial charge on any atom is 0.227 e. The molecule has 0 radical (unpaired) electrons. The van der Waals surface area contributed by atoms with E-state index in [4.69, 9.17) is 11.6 Å². The molecule has 0 aliphatic rings. The number of carbonyl (C=O) groups excluding carboxylic acids is 1. The molecule has 4 heteroatoms. The highest BCUT2D eigenvalue weighted by molar-refractivity contribution is 9.10. The third-order valence-electron chi connectivity index (χ3n) is 3.12. The Hall–Kier alpha value is -1.32. The van der Waals surface area contributed by atoms with Crippen LogP contribution >= 0.6 is 27.5 Å². The molecule has 2 aromatic rings. The molecule has 0 saturated carbocycles. The summed E-state index contributed by atoms with van der Waals surface area (Å²) in [4.78, 5) is 13.8. The number of rotatable bonds is 4. The fourth-order valence-electron chi connectivity index (χ4n) is 1.95. The van der Waals surface area contributed by atoms with Gasteiger partial charge in [0.05, 0.1) is 10.7 Å². The normalized spacial score (nSPS) is 10.3. The Morgan fingerprint density at radius 2 is 1.90 bits per heavy atom. The second-order valence-corrected chi connectivity index (χ2v) is 5.86. The first-order valence-electron chi connectivity index (χ1n) is 6.33. The standard InChI is InChI=1S/C16H15BrClNO/c1-19(15-9-8-13(17)11-14(15)18)16(20)10-7-12-5-3-2-4-6-12/h2-6,8-9,11H,7,10H2,1H3. The molecular weight excluding hydrogens is 338 g/mol. The van der Waals surface area contributed by atoms with Crippen molar-refractivity contribution in [2.75, 3.05) is 11.9 Å². The van der Waals surface area contributed by atoms with Crippen LogP contribution in [0.1, 0.15) is 12.0 Å². The number of nitrogens with zero attached hydrogens (tertiary/aromatic N) is 1. The molecule has 0 saturated heterocycles. The fraction of sp³-hybridized carbons (Fsp3) is 0.188. The highest BCUT2D eigenvalue weighted by Crippen LogP contribution is 2.28. The minimum absolute atomic E-state index is 0.0538. The molecular formula is C16H15BrClNO. The number of amides is 1. The maximum absolute atomic E-state index is 12.2. The molecule has 0 atom stereocenters. The van der Waals surface area contributed by atoms with E-state index in [1.54, 1.807) is 18.0 Å². The van der Waals surface area contributed by atoms with Crippen molar-refractivity contribution >= 4 is 39.1 Å². The quantitative estimate of drug-likeness (QED) is 0.781. The van der Waals surface area contributed by atoms with Crippen LogP contribution in [0.5, 0.6) is 0 Å². The van der Waals surface area contributed by atoms with Crippen molar-refractivity contribution in [3.8, 4) is 0 Å². The van der Waals surface area contributed by atoms with Crippen molar-refractivity contribution in [2.24, 2.45) is 0 Å². The molecule has 0 fully saturated rings. The monoisotopic (exact) mass is 351 g/mol. The van der Waals surface area contributed by atoms with Gasteiger partial charge in [-0.25, -0.2) is 0 Å². The third-order valence-corrected chi connectivity index (χ3v) is 3.91. The molecule has 1 amide bonds. The summed E-state index contributed by atoms with van der Waals surface area (Å²) in [5.74, 6) is 0.0538. The van der Waals surface area contributed by atoms with Crippen molar-refractivity contribution in [2.45, 2.75) is 12.8 Å². The van der Waals surface area contributed by atoms with Gasteiger partial charge < -0.3 is 4.90 Å². The van der Waals surface area contributed by atoms with Crippen molar-refractivity contribution in [1.82, 2.24) is 0 Å². The number of aryl methyl sites for hydroxylation is 1. The number of hydrogen-bond acceptors (Lipinski definition) is 1. The Kier molecular flexibility index (Phi) is 5.21. The summed E-state index contributed by atoms with van der Waals surface area (Å²) in [5.41, 5.74) is 1.89.